The first-order valence-corrected chi connectivity index (χ1v) is 11.7. The molecule has 210 valence electrons. The zero-order valence-corrected chi connectivity index (χ0v) is 19.8. The summed E-state index contributed by atoms with van der Waals surface area (Å²) < 4.78 is 13.8. The van der Waals surface area contributed by atoms with Crippen molar-refractivity contribution in [2.24, 2.45) is 4.99 Å². The van der Waals surface area contributed by atoms with E-state index in [0.29, 0.717) is 0 Å². The standard InChI is InChI=1S/C20H25N9O10/c21-19-25-15-8(16(36)26-19)23-4-28(15)20(13(35)11(33)7(2-31)39-20)29-5-24-14-9(17(29)37)22-3-27(14)18-12(34)10(32)6(1-30)38-18/h3-7,10-13,17-18,30-35,37H,1-2H2,(H3,21,25,26,36)/t6-,7-,10?,11?,12?,13?,17?,18-,20-/m1/s1. The normalized spacial score (nSPS) is 36.2. The second-order valence-electron chi connectivity index (χ2n) is 9.29. The Balaban J connectivity index is 1.47. The molecule has 0 aromatic carbocycles. The Morgan fingerprint density at radius 2 is 1.77 bits per heavy atom. The summed E-state index contributed by atoms with van der Waals surface area (Å²) in [5, 5.41) is 73.2. The molecule has 3 aromatic heterocycles. The highest BCUT2D eigenvalue weighted by Crippen LogP contribution is 2.46. The van der Waals surface area contributed by atoms with Crippen LogP contribution in [0.25, 0.3) is 11.2 Å². The smallest absolute Gasteiger partial charge is 0.280 e. The van der Waals surface area contributed by atoms with Crippen LogP contribution in [0.1, 0.15) is 18.1 Å². The van der Waals surface area contributed by atoms with E-state index in [-0.39, 0.29) is 28.6 Å². The van der Waals surface area contributed by atoms with Gasteiger partial charge in [0.15, 0.2) is 35.5 Å². The summed E-state index contributed by atoms with van der Waals surface area (Å²) in [6.07, 6.45) is -8.46. The van der Waals surface area contributed by atoms with Gasteiger partial charge in [-0.15, -0.1) is 0 Å². The number of hydrogen-bond acceptors (Lipinski definition) is 16. The molecule has 3 aromatic rings. The van der Waals surface area contributed by atoms with Crippen LogP contribution in [0.4, 0.5) is 11.8 Å². The van der Waals surface area contributed by atoms with Gasteiger partial charge in [-0.1, -0.05) is 0 Å². The van der Waals surface area contributed by atoms with Crippen LogP contribution in [0.2, 0.25) is 0 Å². The van der Waals surface area contributed by atoms with Crippen LogP contribution >= 0.6 is 0 Å². The van der Waals surface area contributed by atoms with Gasteiger partial charge >= 0.3 is 0 Å². The fourth-order valence-corrected chi connectivity index (χ4v) is 5.18. The Morgan fingerprint density at radius 3 is 2.44 bits per heavy atom. The quantitative estimate of drug-likeness (QED) is 0.143. The molecular formula is C20H25N9O10. The summed E-state index contributed by atoms with van der Waals surface area (Å²) in [6, 6.07) is 0. The van der Waals surface area contributed by atoms with E-state index in [1.54, 1.807) is 0 Å². The number of rotatable bonds is 5. The fraction of sp³-hybridized carbons (Fsp3) is 0.550. The summed E-state index contributed by atoms with van der Waals surface area (Å²) in [7, 11) is 0. The molecule has 0 saturated carbocycles. The monoisotopic (exact) mass is 551 g/mol. The van der Waals surface area contributed by atoms with Crippen molar-refractivity contribution in [1.29, 1.82) is 0 Å². The summed E-state index contributed by atoms with van der Waals surface area (Å²) >= 11 is 0. The molecule has 39 heavy (non-hydrogen) atoms. The molecule has 3 aliphatic rings. The minimum Gasteiger partial charge on any atom is -0.394 e. The van der Waals surface area contributed by atoms with E-state index in [9.17, 15) is 40.5 Å². The van der Waals surface area contributed by atoms with Gasteiger partial charge in [-0.3, -0.25) is 23.8 Å². The van der Waals surface area contributed by atoms with E-state index < -0.39 is 73.7 Å². The number of ether oxygens (including phenoxy) is 2. The average molecular weight is 551 g/mol. The van der Waals surface area contributed by atoms with E-state index in [2.05, 4.69) is 24.9 Å². The third-order valence-electron chi connectivity index (χ3n) is 7.13. The molecule has 2 saturated heterocycles. The lowest BCUT2D eigenvalue weighted by Gasteiger charge is -2.44. The molecule has 6 heterocycles. The van der Waals surface area contributed by atoms with E-state index in [0.717, 1.165) is 22.1 Å². The number of fused-ring (bicyclic) bond motifs is 2. The Morgan fingerprint density at radius 1 is 1.03 bits per heavy atom. The highest BCUT2D eigenvalue weighted by Gasteiger charge is 2.62. The first kappa shape index (κ1) is 25.7. The van der Waals surface area contributed by atoms with Crippen LogP contribution in [0.3, 0.4) is 0 Å². The molecule has 3 aliphatic heterocycles. The number of aliphatic hydroxyl groups is 7. The number of nitrogens with zero attached hydrogens (tertiary/aromatic N) is 7. The number of aromatic amines is 1. The molecule has 0 spiro atoms. The lowest BCUT2D eigenvalue weighted by Crippen LogP contribution is -2.59. The number of anilines is 1. The topological polar surface area (TPSA) is 283 Å². The molecule has 19 heteroatoms. The maximum Gasteiger partial charge on any atom is 0.280 e. The number of aromatic nitrogens is 6. The molecule has 19 nitrogen and oxygen atoms in total. The van der Waals surface area contributed by atoms with Crippen molar-refractivity contribution in [1.82, 2.24) is 34.0 Å². The Kier molecular flexibility index (Phi) is 5.94. The van der Waals surface area contributed by atoms with Crippen molar-refractivity contribution in [3.8, 4) is 0 Å². The predicted octanol–water partition coefficient (Wildman–Crippen LogP) is -5.10. The Bertz CT molecular complexity index is 1490. The van der Waals surface area contributed by atoms with Crippen molar-refractivity contribution in [2.45, 2.75) is 54.9 Å². The minimum absolute atomic E-state index is 0.00443. The molecule has 9 atom stereocenters. The Hall–Kier alpha value is -3.53. The number of aliphatic imine (C=N–C) groups is 1. The number of hydrogen-bond donors (Lipinski definition) is 9. The lowest BCUT2D eigenvalue weighted by molar-refractivity contribution is -0.250. The molecule has 10 N–H and O–H groups in total. The van der Waals surface area contributed by atoms with Gasteiger partial charge in [0, 0.05) is 0 Å². The number of imidazole rings is 2. The van der Waals surface area contributed by atoms with Crippen LogP contribution < -0.4 is 11.3 Å². The number of H-pyrrole nitrogens is 1. The predicted molar refractivity (Wildman–Crippen MR) is 125 cm³/mol. The largest absolute Gasteiger partial charge is 0.394 e. The van der Waals surface area contributed by atoms with Crippen LogP contribution in [-0.4, -0.2) is 126 Å². The van der Waals surface area contributed by atoms with E-state index in [4.69, 9.17) is 15.2 Å². The SMILES string of the molecule is Nc1nc2c(ncn2[C@]2(N3C=Nc4c(ncn4[C@@H]4O[C@H](CO)C(O)C4O)C3O)O[C@H](CO)C(O)C2O)c(=O)[nH]1. The fourth-order valence-electron chi connectivity index (χ4n) is 5.18. The lowest BCUT2D eigenvalue weighted by atomic mass is 10.1. The molecule has 0 radical (unpaired) electrons. The van der Waals surface area contributed by atoms with Crippen molar-refractivity contribution >= 4 is 29.3 Å². The van der Waals surface area contributed by atoms with Gasteiger partial charge in [-0.2, -0.15) is 4.98 Å². The molecule has 0 bridgehead atoms. The molecular weight excluding hydrogens is 526 g/mol. The average Bonchev–Trinajstić information content (AvgIpc) is 3.66. The third kappa shape index (κ3) is 3.46. The second-order valence-corrected chi connectivity index (χ2v) is 9.29. The summed E-state index contributed by atoms with van der Waals surface area (Å²) in [6.45, 7) is -1.29. The molecule has 2 fully saturated rings. The highest BCUT2D eigenvalue weighted by atomic mass is 16.6. The number of nitrogen functional groups attached to an aromatic ring is 1. The summed E-state index contributed by atoms with van der Waals surface area (Å²) in [5.74, 6) is -2.56. The maximum absolute atomic E-state index is 12.4. The second kappa shape index (κ2) is 9.01. The van der Waals surface area contributed by atoms with Gasteiger partial charge in [0.05, 0.1) is 25.9 Å². The highest BCUT2D eigenvalue weighted by molar-refractivity contribution is 5.72. The van der Waals surface area contributed by atoms with Crippen molar-refractivity contribution in [3.05, 3.63) is 28.7 Å². The minimum atomic E-state index is -2.28. The maximum atomic E-state index is 12.4. The van der Waals surface area contributed by atoms with Crippen molar-refractivity contribution in [3.63, 3.8) is 0 Å². The number of aliphatic hydroxyl groups excluding tert-OH is 7. The summed E-state index contributed by atoms with van der Waals surface area (Å²) in [4.78, 5) is 32.2. The number of nitrogens with one attached hydrogen (secondary N) is 1. The van der Waals surface area contributed by atoms with E-state index >= 15 is 0 Å². The van der Waals surface area contributed by atoms with E-state index in [1.165, 1.54) is 10.9 Å². The van der Waals surface area contributed by atoms with Gasteiger partial charge in [0.1, 0.15) is 42.5 Å². The van der Waals surface area contributed by atoms with E-state index in [1.807, 2.05) is 0 Å². The molecule has 5 unspecified atom stereocenters. The van der Waals surface area contributed by atoms with Gasteiger partial charge < -0.3 is 51.0 Å². The van der Waals surface area contributed by atoms with Gasteiger partial charge in [0.25, 0.3) is 11.4 Å². The summed E-state index contributed by atoms with van der Waals surface area (Å²) in [5.41, 5.74) is 4.53. The zero-order valence-electron chi connectivity index (χ0n) is 19.8. The van der Waals surface area contributed by atoms with Gasteiger partial charge in [0.2, 0.25) is 5.95 Å². The third-order valence-corrected chi connectivity index (χ3v) is 7.13. The molecule has 0 aliphatic carbocycles. The van der Waals surface area contributed by atoms with Crippen LogP contribution in [0, 0.1) is 0 Å². The van der Waals surface area contributed by atoms with Crippen molar-refractivity contribution < 1.29 is 45.2 Å². The van der Waals surface area contributed by atoms with Gasteiger partial charge in [-0.25, -0.2) is 15.0 Å². The van der Waals surface area contributed by atoms with Crippen LogP contribution in [0.5, 0.6) is 0 Å². The van der Waals surface area contributed by atoms with Gasteiger partial charge in [-0.05, 0) is 0 Å². The van der Waals surface area contributed by atoms with Crippen LogP contribution in [-0.2, 0) is 15.3 Å². The Labute approximate surface area is 216 Å². The molecule has 0 amide bonds. The van der Waals surface area contributed by atoms with Crippen LogP contribution in [0.15, 0.2) is 22.4 Å². The zero-order chi connectivity index (χ0) is 27.8. The molecule has 6 rings (SSSR count). The first-order chi connectivity index (χ1) is 18.6. The number of nitrogens with two attached hydrogens (primary N) is 1. The van der Waals surface area contributed by atoms with Crippen molar-refractivity contribution in [2.75, 3.05) is 18.9 Å². The first-order valence-electron chi connectivity index (χ1n) is 11.7.